The smallest absolute Gasteiger partial charge is 0.328 e. The molecular formula is C31H39Cl3N4O4S2. The molecule has 2 aromatic heterocycles. The molecule has 2 aliphatic rings. The molecule has 0 spiro atoms. The van der Waals surface area contributed by atoms with Crippen LogP contribution in [0.1, 0.15) is 59.8 Å². The van der Waals surface area contributed by atoms with Crippen LogP contribution in [-0.4, -0.2) is 60.3 Å². The van der Waals surface area contributed by atoms with E-state index in [0.717, 1.165) is 75.8 Å². The van der Waals surface area contributed by atoms with Crippen molar-refractivity contribution in [3.8, 4) is 0 Å². The minimum atomic E-state index is -0.213. The average Bonchev–Trinajstić information content (AvgIpc) is 3.60. The molecule has 4 heterocycles. The number of carbonyl (C=O) groups is 2. The monoisotopic (exact) mass is 700 g/mol. The lowest BCUT2D eigenvalue weighted by molar-refractivity contribution is -0.146. The minimum Gasteiger partial charge on any atom is -0.465 e. The van der Waals surface area contributed by atoms with E-state index >= 15 is 0 Å². The highest BCUT2D eigenvalue weighted by molar-refractivity contribution is 7.22. The Morgan fingerprint density at radius 2 is 1.48 bits per heavy atom. The van der Waals surface area contributed by atoms with Crippen molar-refractivity contribution in [2.24, 2.45) is 0 Å². The molecular weight excluding hydrogens is 663 g/mol. The summed E-state index contributed by atoms with van der Waals surface area (Å²) in [7, 11) is 0. The molecule has 2 aromatic carbocycles. The average molecular weight is 702 g/mol. The standard InChI is InChI=1S/C15H17ClN2O2S.C8H15NO2.C7H3Cl2NS.CH4/c1-2-20-14(19)12-5-3-4-8-18(12)15-17-11-7-6-10(16)9-13(11)21-15;1-2-11-8(10)7-5-3-4-6-9-7;8-4-1-2-5-6(3-4)11-7(9)10-5;/h6-7,9,12H,2-5,8H2,1H3;7,9H,2-6H2,1H3;1-3H;1H4/t12-;7-;;/m00../s1. The van der Waals surface area contributed by atoms with E-state index in [1.165, 1.54) is 17.8 Å². The number of aromatic nitrogens is 2. The summed E-state index contributed by atoms with van der Waals surface area (Å²) in [6, 6.07) is 11.0. The van der Waals surface area contributed by atoms with Crippen molar-refractivity contribution in [2.75, 3.05) is 31.2 Å². The zero-order valence-electron chi connectivity index (χ0n) is 24.1. The van der Waals surface area contributed by atoms with Crippen molar-refractivity contribution in [1.82, 2.24) is 15.3 Å². The van der Waals surface area contributed by atoms with Gasteiger partial charge in [-0.3, -0.25) is 4.79 Å². The van der Waals surface area contributed by atoms with Gasteiger partial charge in [0.1, 0.15) is 12.1 Å². The predicted molar refractivity (Wildman–Crippen MR) is 185 cm³/mol. The van der Waals surface area contributed by atoms with E-state index < -0.39 is 0 Å². The number of esters is 2. The SMILES string of the molecule is C.CCOC(=O)[C@@H]1CCCCN1.CCOC(=O)[C@@H]1CCCCN1c1nc2ccc(Cl)cc2s1.Clc1ccc2nc(Cl)sc2c1. The third-order valence-electron chi connectivity index (χ3n) is 6.85. The van der Waals surface area contributed by atoms with E-state index in [2.05, 4.69) is 20.2 Å². The van der Waals surface area contributed by atoms with Gasteiger partial charge in [0, 0.05) is 16.6 Å². The molecule has 8 nitrogen and oxygen atoms in total. The topological polar surface area (TPSA) is 93.6 Å². The Bertz CT molecular complexity index is 1510. The summed E-state index contributed by atoms with van der Waals surface area (Å²) < 4.78 is 12.7. The molecule has 6 rings (SSSR count). The van der Waals surface area contributed by atoms with Gasteiger partial charge in [-0.25, -0.2) is 14.8 Å². The number of carbonyl (C=O) groups excluding carboxylic acids is 2. The maximum Gasteiger partial charge on any atom is 0.328 e. The summed E-state index contributed by atoms with van der Waals surface area (Å²) in [5, 5.41) is 5.44. The second kappa shape index (κ2) is 18.1. The molecule has 0 aliphatic carbocycles. The first-order valence-corrected chi connectivity index (χ1v) is 17.2. The van der Waals surface area contributed by atoms with Gasteiger partial charge in [0.2, 0.25) is 0 Å². The van der Waals surface area contributed by atoms with Crippen molar-refractivity contribution < 1.29 is 19.1 Å². The normalized spacial score (nSPS) is 17.9. The molecule has 240 valence electrons. The van der Waals surface area contributed by atoms with E-state index in [9.17, 15) is 9.59 Å². The molecule has 44 heavy (non-hydrogen) atoms. The number of anilines is 1. The number of ether oxygens (including phenoxy) is 2. The number of nitrogens with one attached hydrogen (secondary N) is 1. The van der Waals surface area contributed by atoms with Gasteiger partial charge >= 0.3 is 11.9 Å². The summed E-state index contributed by atoms with van der Waals surface area (Å²) in [6.07, 6.45) is 6.20. The van der Waals surface area contributed by atoms with Gasteiger partial charge < -0.3 is 19.7 Å². The van der Waals surface area contributed by atoms with Crippen LogP contribution in [0.15, 0.2) is 36.4 Å². The number of fused-ring (bicyclic) bond motifs is 2. The number of nitrogens with zero attached hydrogens (tertiary/aromatic N) is 3. The minimum absolute atomic E-state index is 0. The molecule has 0 unspecified atom stereocenters. The number of benzene rings is 2. The number of hydrogen-bond acceptors (Lipinski definition) is 10. The first kappa shape index (κ1) is 36.3. The van der Waals surface area contributed by atoms with Crippen LogP contribution in [0.5, 0.6) is 0 Å². The van der Waals surface area contributed by atoms with Crippen molar-refractivity contribution in [3.05, 3.63) is 50.9 Å². The number of halogens is 3. The van der Waals surface area contributed by atoms with Crippen molar-refractivity contribution in [2.45, 2.75) is 71.9 Å². The molecule has 1 N–H and O–H groups in total. The first-order valence-electron chi connectivity index (χ1n) is 14.4. The summed E-state index contributed by atoms with van der Waals surface area (Å²) in [5.41, 5.74) is 1.83. The van der Waals surface area contributed by atoms with Crippen LogP contribution in [0.25, 0.3) is 20.4 Å². The largest absolute Gasteiger partial charge is 0.465 e. The Morgan fingerprint density at radius 3 is 2.11 bits per heavy atom. The Hall–Kier alpha value is -2.21. The van der Waals surface area contributed by atoms with Crippen molar-refractivity contribution in [3.63, 3.8) is 0 Å². The van der Waals surface area contributed by atoms with E-state index in [1.807, 2.05) is 44.2 Å². The van der Waals surface area contributed by atoms with Crippen LogP contribution in [-0.2, 0) is 19.1 Å². The molecule has 13 heteroatoms. The lowest BCUT2D eigenvalue weighted by Crippen LogP contribution is -2.45. The molecule has 4 aromatic rings. The fourth-order valence-electron chi connectivity index (χ4n) is 4.82. The molecule has 0 bridgehead atoms. The van der Waals surface area contributed by atoms with Gasteiger partial charge in [0.05, 0.1) is 33.6 Å². The highest BCUT2D eigenvalue weighted by Crippen LogP contribution is 2.34. The van der Waals surface area contributed by atoms with E-state index in [-0.39, 0.29) is 31.4 Å². The van der Waals surface area contributed by atoms with Gasteiger partial charge in [-0.15, -0.1) is 11.3 Å². The Morgan fingerprint density at radius 1 is 0.864 bits per heavy atom. The first-order chi connectivity index (χ1) is 20.8. The van der Waals surface area contributed by atoms with Gasteiger partial charge in [0.15, 0.2) is 9.60 Å². The summed E-state index contributed by atoms with van der Waals surface area (Å²) in [5.74, 6) is -0.235. The summed E-state index contributed by atoms with van der Waals surface area (Å²) in [4.78, 5) is 34.1. The quantitative estimate of drug-likeness (QED) is 0.207. The van der Waals surface area contributed by atoms with Crippen LogP contribution in [0, 0.1) is 0 Å². The number of thiazole rings is 2. The Balaban J connectivity index is 0.000000195. The molecule has 0 amide bonds. The molecule has 2 aliphatic heterocycles. The van der Waals surface area contributed by atoms with E-state index in [0.29, 0.717) is 22.7 Å². The predicted octanol–water partition coefficient (Wildman–Crippen LogP) is 8.80. The molecule has 0 saturated carbocycles. The van der Waals surface area contributed by atoms with Crippen LogP contribution in [0.2, 0.25) is 14.5 Å². The Kier molecular flexibility index (Phi) is 14.9. The van der Waals surface area contributed by atoms with Crippen LogP contribution in [0.3, 0.4) is 0 Å². The van der Waals surface area contributed by atoms with E-state index in [4.69, 9.17) is 44.3 Å². The lowest BCUT2D eigenvalue weighted by Gasteiger charge is -2.33. The second-order valence-electron chi connectivity index (χ2n) is 9.90. The lowest BCUT2D eigenvalue weighted by atomic mass is 10.0. The summed E-state index contributed by atoms with van der Waals surface area (Å²) in [6.45, 7) is 6.36. The fourth-order valence-corrected chi connectivity index (χ4v) is 7.44. The van der Waals surface area contributed by atoms with Gasteiger partial charge in [0.25, 0.3) is 0 Å². The highest BCUT2D eigenvalue weighted by Gasteiger charge is 2.31. The fraction of sp³-hybridized carbons (Fsp3) is 0.484. The van der Waals surface area contributed by atoms with Crippen molar-refractivity contribution in [1.29, 1.82) is 0 Å². The molecule has 2 saturated heterocycles. The number of rotatable bonds is 5. The maximum atomic E-state index is 12.1. The Labute approximate surface area is 282 Å². The van der Waals surface area contributed by atoms with E-state index in [1.54, 1.807) is 17.4 Å². The zero-order valence-corrected chi connectivity index (χ0v) is 28.0. The second-order valence-corrected chi connectivity index (χ2v) is 13.4. The van der Waals surface area contributed by atoms with Crippen molar-refractivity contribution >= 4 is 95.0 Å². The number of hydrogen-bond donors (Lipinski definition) is 1. The van der Waals surface area contributed by atoms with Crippen LogP contribution >= 0.6 is 57.5 Å². The van der Waals surface area contributed by atoms with Crippen LogP contribution < -0.4 is 10.2 Å². The molecule has 2 atom stereocenters. The zero-order chi connectivity index (χ0) is 30.8. The molecule has 0 radical (unpaired) electrons. The maximum absolute atomic E-state index is 12.1. The van der Waals surface area contributed by atoms with Gasteiger partial charge in [-0.2, -0.15) is 0 Å². The highest BCUT2D eigenvalue weighted by atomic mass is 35.5. The number of piperidine rings is 2. The van der Waals surface area contributed by atoms with Gasteiger partial charge in [-0.05, 0) is 88.9 Å². The third-order valence-corrected chi connectivity index (χ3v) is 9.50. The van der Waals surface area contributed by atoms with Gasteiger partial charge in [-0.1, -0.05) is 60.0 Å². The molecule has 2 fully saturated rings. The van der Waals surface area contributed by atoms with Crippen LogP contribution in [0.4, 0.5) is 5.13 Å². The summed E-state index contributed by atoms with van der Waals surface area (Å²) >= 11 is 20.5. The third kappa shape index (κ3) is 10.2.